The first-order valence-corrected chi connectivity index (χ1v) is 5.55. The molecule has 0 aliphatic rings. The summed E-state index contributed by atoms with van der Waals surface area (Å²) >= 11 is 5.77. The largest absolute Gasteiger partial charge is 0.264 e. The number of nitrogens with zero attached hydrogens (tertiary/aromatic N) is 3. The van der Waals surface area contributed by atoms with Gasteiger partial charge in [0.1, 0.15) is 17.3 Å². The second-order valence-corrected chi connectivity index (χ2v) is 4.37. The Balaban J connectivity index is 2.73. The number of benzene rings is 1. The Labute approximate surface area is 106 Å². The highest BCUT2D eigenvalue weighted by Gasteiger charge is 2.21. The Kier molecular flexibility index (Phi) is 3.30. The van der Waals surface area contributed by atoms with E-state index in [1.807, 2.05) is 0 Å². The molecule has 0 atom stereocenters. The minimum atomic E-state index is -1.06. The van der Waals surface area contributed by atoms with Crippen molar-refractivity contribution in [3.05, 3.63) is 40.7 Å². The van der Waals surface area contributed by atoms with Crippen LogP contribution in [0.4, 0.5) is 13.2 Å². The first-order valence-electron chi connectivity index (χ1n) is 5.17. The monoisotopic (exact) mass is 275 g/mol. The third-order valence-electron chi connectivity index (χ3n) is 2.37. The minimum absolute atomic E-state index is 0.145. The lowest BCUT2D eigenvalue weighted by molar-refractivity contribution is 0.530. The van der Waals surface area contributed by atoms with Gasteiger partial charge in [0.2, 0.25) is 5.28 Å². The first-order chi connectivity index (χ1) is 8.41. The van der Waals surface area contributed by atoms with Crippen molar-refractivity contribution in [2.75, 3.05) is 0 Å². The fraction of sp³-hybridized carbons (Fsp3) is 0.273. The average Bonchev–Trinajstić information content (AvgIpc) is 2.59. The standard InChI is InChI=1S/C11H9ClF3N3/c1-5(2)10-16-17-11(12)18(10)9-7(14)3-6(13)4-8(9)15/h3-5H,1-2H3. The van der Waals surface area contributed by atoms with Crippen LogP contribution in [-0.4, -0.2) is 14.8 Å². The van der Waals surface area contributed by atoms with Crippen LogP contribution in [0.3, 0.4) is 0 Å². The highest BCUT2D eigenvalue weighted by molar-refractivity contribution is 6.28. The fourth-order valence-corrected chi connectivity index (χ4v) is 1.81. The summed E-state index contributed by atoms with van der Waals surface area (Å²) < 4.78 is 41.3. The molecule has 0 saturated carbocycles. The van der Waals surface area contributed by atoms with Crippen molar-refractivity contribution in [3.63, 3.8) is 0 Å². The zero-order valence-corrected chi connectivity index (χ0v) is 10.3. The molecule has 1 aromatic carbocycles. The predicted molar refractivity (Wildman–Crippen MR) is 60.3 cm³/mol. The third-order valence-corrected chi connectivity index (χ3v) is 2.61. The van der Waals surface area contributed by atoms with Gasteiger partial charge >= 0.3 is 0 Å². The highest BCUT2D eigenvalue weighted by atomic mass is 35.5. The number of hydrogen-bond acceptors (Lipinski definition) is 2. The molecule has 3 nitrogen and oxygen atoms in total. The van der Waals surface area contributed by atoms with Crippen molar-refractivity contribution in [2.24, 2.45) is 0 Å². The Morgan fingerprint density at radius 2 is 1.67 bits per heavy atom. The zero-order chi connectivity index (χ0) is 13.4. The van der Waals surface area contributed by atoms with Crippen LogP contribution in [0.5, 0.6) is 0 Å². The van der Waals surface area contributed by atoms with Crippen molar-refractivity contribution in [1.82, 2.24) is 14.8 Å². The molecule has 2 rings (SSSR count). The maximum absolute atomic E-state index is 13.7. The molecule has 18 heavy (non-hydrogen) atoms. The van der Waals surface area contributed by atoms with Crippen LogP contribution in [0.15, 0.2) is 12.1 Å². The van der Waals surface area contributed by atoms with Crippen LogP contribution in [0.25, 0.3) is 5.69 Å². The zero-order valence-electron chi connectivity index (χ0n) is 9.59. The summed E-state index contributed by atoms with van der Waals surface area (Å²) in [7, 11) is 0. The third kappa shape index (κ3) is 2.08. The molecule has 1 aromatic heterocycles. The average molecular weight is 276 g/mol. The lowest BCUT2D eigenvalue weighted by Gasteiger charge is -2.11. The molecule has 2 aromatic rings. The number of hydrogen-bond donors (Lipinski definition) is 0. The van der Waals surface area contributed by atoms with Gasteiger partial charge < -0.3 is 0 Å². The summed E-state index contributed by atoms with van der Waals surface area (Å²) in [6.45, 7) is 3.55. The summed E-state index contributed by atoms with van der Waals surface area (Å²) in [5, 5.41) is 7.14. The topological polar surface area (TPSA) is 30.7 Å². The van der Waals surface area contributed by atoms with E-state index in [1.165, 1.54) is 0 Å². The maximum Gasteiger partial charge on any atom is 0.229 e. The molecule has 1 heterocycles. The number of rotatable bonds is 2. The lowest BCUT2D eigenvalue weighted by atomic mass is 10.2. The Bertz CT molecular complexity index is 572. The van der Waals surface area contributed by atoms with E-state index in [1.54, 1.807) is 13.8 Å². The summed E-state index contributed by atoms with van der Waals surface area (Å²) in [4.78, 5) is 0. The molecule has 0 unspecified atom stereocenters. The molecule has 0 amide bonds. The second-order valence-electron chi connectivity index (χ2n) is 4.04. The Morgan fingerprint density at radius 1 is 1.11 bits per heavy atom. The van der Waals surface area contributed by atoms with Crippen LogP contribution in [0.1, 0.15) is 25.6 Å². The Morgan fingerprint density at radius 3 is 2.17 bits per heavy atom. The number of halogens is 4. The van der Waals surface area contributed by atoms with E-state index in [0.29, 0.717) is 18.0 Å². The smallest absolute Gasteiger partial charge is 0.229 e. The van der Waals surface area contributed by atoms with Crippen molar-refractivity contribution in [3.8, 4) is 5.69 Å². The highest BCUT2D eigenvalue weighted by Crippen LogP contribution is 2.26. The molecule has 0 saturated heterocycles. The molecule has 0 radical (unpaired) electrons. The molecule has 0 fully saturated rings. The van der Waals surface area contributed by atoms with Gasteiger partial charge in [-0.1, -0.05) is 13.8 Å². The van der Waals surface area contributed by atoms with Gasteiger partial charge in [0.05, 0.1) is 0 Å². The fourth-order valence-electron chi connectivity index (χ4n) is 1.61. The molecule has 96 valence electrons. The second kappa shape index (κ2) is 4.61. The van der Waals surface area contributed by atoms with Gasteiger partial charge in [0.15, 0.2) is 11.6 Å². The van der Waals surface area contributed by atoms with Crippen LogP contribution in [0.2, 0.25) is 5.28 Å². The predicted octanol–water partition coefficient (Wildman–Crippen LogP) is 3.46. The van der Waals surface area contributed by atoms with Crippen LogP contribution in [0, 0.1) is 17.5 Å². The van der Waals surface area contributed by atoms with Crippen molar-refractivity contribution < 1.29 is 13.2 Å². The minimum Gasteiger partial charge on any atom is -0.264 e. The molecular formula is C11H9ClF3N3. The van der Waals surface area contributed by atoms with E-state index < -0.39 is 23.1 Å². The van der Waals surface area contributed by atoms with Gasteiger partial charge in [-0.3, -0.25) is 4.57 Å². The van der Waals surface area contributed by atoms with Gasteiger partial charge in [0, 0.05) is 18.1 Å². The van der Waals surface area contributed by atoms with Gasteiger partial charge in [0.25, 0.3) is 0 Å². The van der Waals surface area contributed by atoms with E-state index >= 15 is 0 Å². The van der Waals surface area contributed by atoms with Gasteiger partial charge in [-0.2, -0.15) is 0 Å². The summed E-state index contributed by atoms with van der Waals surface area (Å²) in [5.41, 5.74) is -0.477. The lowest BCUT2D eigenvalue weighted by Crippen LogP contribution is -2.08. The van der Waals surface area contributed by atoms with Gasteiger partial charge in [-0.05, 0) is 11.6 Å². The van der Waals surface area contributed by atoms with E-state index in [-0.39, 0.29) is 11.2 Å². The molecule has 0 aliphatic carbocycles. The summed E-state index contributed by atoms with van der Waals surface area (Å²) in [6, 6.07) is 1.16. The molecule has 0 aliphatic heterocycles. The van der Waals surface area contributed by atoms with E-state index in [9.17, 15) is 13.2 Å². The normalized spacial score (nSPS) is 11.3. The van der Waals surface area contributed by atoms with Gasteiger partial charge in [-0.25, -0.2) is 13.2 Å². The molecule has 0 N–H and O–H groups in total. The first kappa shape index (κ1) is 12.9. The van der Waals surface area contributed by atoms with E-state index in [0.717, 1.165) is 4.57 Å². The van der Waals surface area contributed by atoms with Gasteiger partial charge in [-0.15, -0.1) is 10.2 Å². The van der Waals surface area contributed by atoms with Crippen molar-refractivity contribution in [2.45, 2.75) is 19.8 Å². The maximum atomic E-state index is 13.7. The van der Waals surface area contributed by atoms with Crippen LogP contribution in [-0.2, 0) is 0 Å². The van der Waals surface area contributed by atoms with Crippen LogP contribution < -0.4 is 0 Å². The molecule has 0 bridgehead atoms. The molecule has 0 spiro atoms. The van der Waals surface area contributed by atoms with Crippen molar-refractivity contribution in [1.29, 1.82) is 0 Å². The quantitative estimate of drug-likeness (QED) is 0.840. The van der Waals surface area contributed by atoms with E-state index in [2.05, 4.69) is 10.2 Å². The molecule has 7 heteroatoms. The van der Waals surface area contributed by atoms with Crippen LogP contribution >= 0.6 is 11.6 Å². The van der Waals surface area contributed by atoms with Crippen molar-refractivity contribution >= 4 is 11.6 Å². The summed E-state index contributed by atoms with van der Waals surface area (Å²) in [5.74, 6) is -2.96. The SMILES string of the molecule is CC(C)c1nnc(Cl)n1-c1c(F)cc(F)cc1F. The van der Waals surface area contributed by atoms with E-state index in [4.69, 9.17) is 11.6 Å². The Hall–Kier alpha value is -1.56. The molecular weight excluding hydrogens is 267 g/mol. The number of aromatic nitrogens is 3. The summed E-state index contributed by atoms with van der Waals surface area (Å²) in [6.07, 6.45) is 0.